The molecule has 39 heavy (non-hydrogen) atoms. The fourth-order valence-corrected chi connectivity index (χ4v) is 5.59. The fraction of sp³-hybridized carbons (Fsp3) is 0.500. The van der Waals surface area contributed by atoms with E-state index >= 15 is 0 Å². The summed E-state index contributed by atoms with van der Waals surface area (Å²) in [5.74, 6) is 0.629. The number of anilines is 4. The highest BCUT2D eigenvalue weighted by Gasteiger charge is 2.31. The molecule has 2 aliphatic heterocycles. The molecule has 0 spiro atoms. The Morgan fingerprint density at radius 2 is 1.69 bits per heavy atom. The molecule has 0 unspecified atom stereocenters. The number of aromatic nitrogens is 2. The monoisotopic (exact) mass is 558 g/mol. The second-order valence-electron chi connectivity index (χ2n) is 10.1. The van der Waals surface area contributed by atoms with E-state index in [-0.39, 0.29) is 30.6 Å². The lowest BCUT2D eigenvalue weighted by atomic mass is 9.85. The van der Waals surface area contributed by atoms with Gasteiger partial charge in [-0.15, -0.1) is 0 Å². The summed E-state index contributed by atoms with van der Waals surface area (Å²) in [5, 5.41) is 3.57. The van der Waals surface area contributed by atoms with Crippen LogP contribution >= 0.6 is 11.6 Å². The Morgan fingerprint density at radius 3 is 2.26 bits per heavy atom. The first-order chi connectivity index (χ1) is 18.6. The second-order valence-corrected chi connectivity index (χ2v) is 10.5. The number of halogens is 1. The maximum absolute atomic E-state index is 11.6. The van der Waals surface area contributed by atoms with Gasteiger partial charge in [0.2, 0.25) is 23.7 Å². The molecule has 13 heteroatoms. The summed E-state index contributed by atoms with van der Waals surface area (Å²) in [6.45, 7) is 5.46. The fourth-order valence-electron chi connectivity index (χ4n) is 5.38. The number of primary amides is 2. The highest BCUT2D eigenvalue weighted by Crippen LogP contribution is 2.35. The van der Waals surface area contributed by atoms with Crippen LogP contribution in [0.3, 0.4) is 0 Å². The van der Waals surface area contributed by atoms with Crippen molar-refractivity contribution in [3.05, 3.63) is 29.4 Å². The number of nitrogens with zero attached hydrogens (tertiary/aromatic N) is 5. The van der Waals surface area contributed by atoms with Crippen LogP contribution in [-0.2, 0) is 14.4 Å². The van der Waals surface area contributed by atoms with E-state index in [1.54, 1.807) is 14.0 Å². The Balaban J connectivity index is 1.52. The Labute approximate surface area is 232 Å². The van der Waals surface area contributed by atoms with Crippen LogP contribution in [0.15, 0.2) is 24.4 Å². The predicted octanol–water partition coefficient (Wildman–Crippen LogP) is 1.74. The van der Waals surface area contributed by atoms with Crippen molar-refractivity contribution in [2.45, 2.75) is 26.2 Å². The number of nitrogens with two attached hydrogens (primary N) is 2. The van der Waals surface area contributed by atoms with E-state index in [1.165, 1.54) is 6.20 Å². The molecule has 2 atom stereocenters. The molecule has 5 N–H and O–H groups in total. The Hall–Kier alpha value is -3.80. The SMILES string of the molecule is COc1cc(N2CCN(C(C)=O)CC2)ccc1Nc1ncc(Cl)c(N2C[C@H](CC(N)=O)C[C@H](CC(N)=O)C2)n1. The maximum atomic E-state index is 11.6. The van der Waals surface area contributed by atoms with Gasteiger partial charge in [-0.1, -0.05) is 11.6 Å². The van der Waals surface area contributed by atoms with E-state index in [4.69, 9.17) is 27.8 Å². The summed E-state index contributed by atoms with van der Waals surface area (Å²) >= 11 is 6.50. The van der Waals surface area contributed by atoms with Crippen LogP contribution in [0.5, 0.6) is 5.75 Å². The van der Waals surface area contributed by atoms with Gasteiger partial charge in [0.05, 0.1) is 19.0 Å². The number of methoxy groups -OCH3 is 1. The first-order valence-electron chi connectivity index (χ1n) is 12.9. The summed E-state index contributed by atoms with van der Waals surface area (Å²) in [4.78, 5) is 49.9. The van der Waals surface area contributed by atoms with Gasteiger partial charge >= 0.3 is 0 Å². The number of hydrogen-bond donors (Lipinski definition) is 3. The van der Waals surface area contributed by atoms with Crippen molar-refractivity contribution in [3.63, 3.8) is 0 Å². The van der Waals surface area contributed by atoms with Crippen molar-refractivity contribution in [1.82, 2.24) is 14.9 Å². The molecule has 4 rings (SSSR count). The third-order valence-electron chi connectivity index (χ3n) is 7.15. The topological polar surface area (TPSA) is 160 Å². The lowest BCUT2D eigenvalue weighted by Gasteiger charge is -2.38. The van der Waals surface area contributed by atoms with Crippen molar-refractivity contribution < 1.29 is 19.1 Å². The van der Waals surface area contributed by atoms with E-state index < -0.39 is 11.8 Å². The quantitative estimate of drug-likeness (QED) is 0.416. The number of hydrogen-bond acceptors (Lipinski definition) is 9. The van der Waals surface area contributed by atoms with Crippen LogP contribution in [0, 0.1) is 11.8 Å². The van der Waals surface area contributed by atoms with Gasteiger partial charge < -0.3 is 36.2 Å². The molecule has 0 bridgehead atoms. The summed E-state index contributed by atoms with van der Waals surface area (Å²) < 4.78 is 5.65. The molecule has 0 aliphatic carbocycles. The van der Waals surface area contributed by atoms with Gasteiger partial charge in [-0.3, -0.25) is 14.4 Å². The van der Waals surface area contributed by atoms with E-state index in [1.807, 2.05) is 28.0 Å². The highest BCUT2D eigenvalue weighted by atomic mass is 35.5. The molecule has 0 saturated carbocycles. The van der Waals surface area contributed by atoms with Gasteiger partial charge in [-0.2, -0.15) is 4.98 Å². The minimum Gasteiger partial charge on any atom is -0.494 e. The summed E-state index contributed by atoms with van der Waals surface area (Å²) in [5.41, 5.74) is 12.6. The largest absolute Gasteiger partial charge is 0.494 e. The lowest BCUT2D eigenvalue weighted by Crippen LogP contribution is -2.48. The standard InChI is InChI=1S/C26H35ClN8O4/c1-16(36)33-5-7-34(8-6-33)19-3-4-21(22(12-19)39-2)31-26-30-13-20(27)25(32-26)35-14-17(10-23(28)37)9-18(15-35)11-24(29)38/h3-4,12-13,17-18H,5-11,14-15H2,1-2H3,(H2,28,37)(H2,29,38)(H,30,31,32)/t17-,18+. The molecule has 2 aromatic rings. The van der Waals surface area contributed by atoms with Crippen molar-refractivity contribution in [2.75, 3.05) is 61.5 Å². The van der Waals surface area contributed by atoms with Gasteiger partial charge in [-0.05, 0) is 30.4 Å². The molecule has 2 fully saturated rings. The average Bonchev–Trinajstić information content (AvgIpc) is 2.89. The Kier molecular flexibility index (Phi) is 8.95. The van der Waals surface area contributed by atoms with Crippen LogP contribution in [0.25, 0.3) is 0 Å². The molecule has 0 radical (unpaired) electrons. The van der Waals surface area contributed by atoms with Crippen LogP contribution in [-0.4, -0.2) is 79.0 Å². The van der Waals surface area contributed by atoms with Gasteiger partial charge in [-0.25, -0.2) is 4.98 Å². The Morgan fingerprint density at radius 1 is 1.05 bits per heavy atom. The normalized spacial score (nSPS) is 19.5. The van der Waals surface area contributed by atoms with E-state index in [9.17, 15) is 14.4 Å². The number of rotatable bonds is 9. The predicted molar refractivity (Wildman–Crippen MR) is 149 cm³/mol. The zero-order valence-corrected chi connectivity index (χ0v) is 23.0. The van der Waals surface area contributed by atoms with Crippen molar-refractivity contribution in [3.8, 4) is 5.75 Å². The highest BCUT2D eigenvalue weighted by molar-refractivity contribution is 6.32. The van der Waals surface area contributed by atoms with Crippen molar-refractivity contribution in [1.29, 1.82) is 0 Å². The smallest absolute Gasteiger partial charge is 0.229 e. The minimum absolute atomic E-state index is 0.0482. The second kappa shape index (κ2) is 12.4. The van der Waals surface area contributed by atoms with Gasteiger partial charge in [0.1, 0.15) is 10.8 Å². The third kappa shape index (κ3) is 7.20. The molecule has 12 nitrogen and oxygen atoms in total. The van der Waals surface area contributed by atoms with Gasteiger partial charge in [0.25, 0.3) is 0 Å². The minimum atomic E-state index is -0.396. The van der Waals surface area contributed by atoms with Crippen LogP contribution in [0.2, 0.25) is 5.02 Å². The molecule has 2 aliphatic rings. The molecule has 210 valence electrons. The van der Waals surface area contributed by atoms with Gasteiger partial charge in [0, 0.05) is 70.8 Å². The number of benzene rings is 1. The number of carbonyl (C=O) groups is 3. The molecule has 1 aromatic carbocycles. The number of piperidine rings is 1. The molecular weight excluding hydrogens is 524 g/mol. The molecule has 3 heterocycles. The van der Waals surface area contributed by atoms with Crippen molar-refractivity contribution in [2.24, 2.45) is 23.3 Å². The van der Waals surface area contributed by atoms with Crippen molar-refractivity contribution >= 4 is 52.5 Å². The first-order valence-corrected chi connectivity index (χ1v) is 13.3. The summed E-state index contributed by atoms with van der Waals surface area (Å²) in [6.07, 6.45) is 2.59. The molecular formula is C26H35ClN8O4. The van der Waals surface area contributed by atoms with Crippen LogP contribution in [0.4, 0.5) is 23.1 Å². The number of carbonyl (C=O) groups excluding carboxylic acids is 3. The van der Waals surface area contributed by atoms with E-state index in [0.29, 0.717) is 60.8 Å². The number of nitrogens with one attached hydrogen (secondary N) is 1. The average molecular weight is 559 g/mol. The lowest BCUT2D eigenvalue weighted by molar-refractivity contribution is -0.129. The third-order valence-corrected chi connectivity index (χ3v) is 7.42. The zero-order valence-electron chi connectivity index (χ0n) is 22.2. The van der Waals surface area contributed by atoms with E-state index in [0.717, 1.165) is 18.8 Å². The molecule has 1 aromatic heterocycles. The number of piperazine rings is 1. The van der Waals surface area contributed by atoms with Crippen LogP contribution in [0.1, 0.15) is 26.2 Å². The van der Waals surface area contributed by atoms with E-state index in [2.05, 4.69) is 20.2 Å². The molecule has 3 amide bonds. The Bertz CT molecular complexity index is 1200. The summed E-state index contributed by atoms with van der Waals surface area (Å²) in [7, 11) is 1.59. The number of ether oxygens (including phenoxy) is 1. The molecule has 2 saturated heterocycles. The summed E-state index contributed by atoms with van der Waals surface area (Å²) in [6, 6.07) is 5.82. The first kappa shape index (κ1) is 28.2. The number of amides is 3. The zero-order chi connectivity index (χ0) is 28.1. The van der Waals surface area contributed by atoms with Crippen LogP contribution < -0.4 is 31.3 Å². The van der Waals surface area contributed by atoms with Gasteiger partial charge in [0.15, 0.2) is 5.82 Å². The maximum Gasteiger partial charge on any atom is 0.229 e.